The number of hydrogen-bond acceptors (Lipinski definition) is 6. The first-order valence-corrected chi connectivity index (χ1v) is 9.99. The highest BCUT2D eigenvalue weighted by Crippen LogP contribution is 2.35. The standard InChI is InChI=1S/C21H31N3O4/c1-21(2)14-18(25)17-13-16(5-6-19(17)28-21)27-15-20(26)22-7-4-8-24-11-9-23(3)10-12-24/h5-6,13H,4,7-12,14-15H2,1-3H3,(H,22,26). The van der Waals surface area contributed by atoms with Crippen LogP contribution in [0.3, 0.4) is 0 Å². The zero-order valence-corrected chi connectivity index (χ0v) is 17.1. The molecule has 0 unspecified atom stereocenters. The van der Waals surface area contributed by atoms with Crippen LogP contribution in [0.25, 0.3) is 0 Å². The topological polar surface area (TPSA) is 71.1 Å². The van der Waals surface area contributed by atoms with Gasteiger partial charge in [0, 0.05) is 32.7 Å². The number of nitrogens with one attached hydrogen (secondary N) is 1. The quantitative estimate of drug-likeness (QED) is 0.714. The van der Waals surface area contributed by atoms with Crippen molar-refractivity contribution < 1.29 is 19.1 Å². The van der Waals surface area contributed by atoms with E-state index in [1.165, 1.54) is 0 Å². The van der Waals surface area contributed by atoms with Gasteiger partial charge in [-0.2, -0.15) is 0 Å². The summed E-state index contributed by atoms with van der Waals surface area (Å²) in [6, 6.07) is 5.12. The molecule has 1 saturated heterocycles. The molecule has 1 amide bonds. The Labute approximate surface area is 167 Å². The smallest absolute Gasteiger partial charge is 0.257 e. The summed E-state index contributed by atoms with van der Waals surface area (Å²) < 4.78 is 11.4. The van der Waals surface area contributed by atoms with Gasteiger partial charge in [0.2, 0.25) is 0 Å². The number of likely N-dealkylation sites (N-methyl/N-ethyl adjacent to an activating group) is 1. The minimum absolute atomic E-state index is 0.0325. The van der Waals surface area contributed by atoms with Crippen molar-refractivity contribution in [2.75, 3.05) is 52.9 Å². The maximum atomic E-state index is 12.3. The van der Waals surface area contributed by atoms with Gasteiger partial charge in [-0.3, -0.25) is 9.59 Å². The molecule has 2 heterocycles. The minimum Gasteiger partial charge on any atom is -0.487 e. The van der Waals surface area contributed by atoms with Gasteiger partial charge in [0.05, 0.1) is 12.0 Å². The highest BCUT2D eigenvalue weighted by Gasteiger charge is 2.32. The predicted molar refractivity (Wildman–Crippen MR) is 107 cm³/mol. The van der Waals surface area contributed by atoms with E-state index in [0.717, 1.165) is 39.1 Å². The van der Waals surface area contributed by atoms with Crippen LogP contribution in [0.15, 0.2) is 18.2 Å². The lowest BCUT2D eigenvalue weighted by molar-refractivity contribution is -0.123. The summed E-state index contributed by atoms with van der Waals surface area (Å²) in [4.78, 5) is 29.1. The number of nitrogens with zero attached hydrogens (tertiary/aromatic N) is 2. The van der Waals surface area contributed by atoms with Gasteiger partial charge in [-0.1, -0.05) is 0 Å². The molecular weight excluding hydrogens is 358 g/mol. The van der Waals surface area contributed by atoms with Crippen molar-refractivity contribution in [3.63, 3.8) is 0 Å². The van der Waals surface area contributed by atoms with Crippen molar-refractivity contribution in [2.24, 2.45) is 0 Å². The first-order valence-electron chi connectivity index (χ1n) is 9.99. The van der Waals surface area contributed by atoms with Crippen LogP contribution in [0.1, 0.15) is 37.0 Å². The van der Waals surface area contributed by atoms with E-state index in [-0.39, 0.29) is 18.3 Å². The van der Waals surface area contributed by atoms with Crippen molar-refractivity contribution in [1.29, 1.82) is 0 Å². The molecule has 0 spiro atoms. The Bertz CT molecular complexity index is 712. The van der Waals surface area contributed by atoms with Gasteiger partial charge < -0.3 is 24.6 Å². The molecule has 3 rings (SSSR count). The molecule has 154 valence electrons. The van der Waals surface area contributed by atoms with Gasteiger partial charge in [0.1, 0.15) is 17.1 Å². The number of Topliss-reactive ketones (excluding diaryl/α,β-unsaturated/α-hetero) is 1. The van der Waals surface area contributed by atoms with Crippen molar-refractivity contribution >= 4 is 11.7 Å². The third kappa shape index (κ3) is 5.69. The number of ether oxygens (including phenoxy) is 2. The Kier molecular flexibility index (Phi) is 6.57. The maximum Gasteiger partial charge on any atom is 0.257 e. The Balaban J connectivity index is 1.38. The summed E-state index contributed by atoms with van der Waals surface area (Å²) in [6.07, 6.45) is 1.26. The number of rotatable bonds is 7. The molecule has 0 aromatic heterocycles. The second kappa shape index (κ2) is 8.92. The summed E-state index contributed by atoms with van der Waals surface area (Å²) in [7, 11) is 2.14. The molecule has 0 saturated carbocycles. The molecule has 28 heavy (non-hydrogen) atoms. The molecule has 0 atom stereocenters. The molecule has 0 aliphatic carbocycles. The Hall–Kier alpha value is -2.12. The van der Waals surface area contributed by atoms with Crippen molar-refractivity contribution in [2.45, 2.75) is 32.3 Å². The highest BCUT2D eigenvalue weighted by molar-refractivity contribution is 6.00. The molecule has 2 aliphatic rings. The lowest BCUT2D eigenvalue weighted by atomic mass is 9.93. The lowest BCUT2D eigenvalue weighted by Gasteiger charge is -2.32. The van der Waals surface area contributed by atoms with Crippen LogP contribution >= 0.6 is 0 Å². The number of amides is 1. The fourth-order valence-corrected chi connectivity index (χ4v) is 3.52. The van der Waals surface area contributed by atoms with Crippen LogP contribution in [0.5, 0.6) is 11.5 Å². The summed E-state index contributed by atoms with van der Waals surface area (Å²) in [5.74, 6) is 0.954. The van der Waals surface area contributed by atoms with Crippen molar-refractivity contribution in [1.82, 2.24) is 15.1 Å². The van der Waals surface area contributed by atoms with E-state index in [1.54, 1.807) is 18.2 Å². The van der Waals surface area contributed by atoms with E-state index in [2.05, 4.69) is 22.2 Å². The first-order chi connectivity index (χ1) is 13.3. The van der Waals surface area contributed by atoms with Crippen molar-refractivity contribution in [3.8, 4) is 11.5 Å². The second-order valence-electron chi connectivity index (χ2n) is 8.26. The summed E-state index contributed by atoms with van der Waals surface area (Å²) in [5, 5.41) is 2.89. The zero-order valence-electron chi connectivity index (χ0n) is 17.1. The average molecular weight is 389 g/mol. The molecule has 7 heteroatoms. The van der Waals surface area contributed by atoms with Crippen LogP contribution in [0.4, 0.5) is 0 Å². The van der Waals surface area contributed by atoms with Gasteiger partial charge in [-0.05, 0) is 52.1 Å². The molecule has 0 radical (unpaired) electrons. The van der Waals surface area contributed by atoms with Crippen molar-refractivity contribution in [3.05, 3.63) is 23.8 Å². The fourth-order valence-electron chi connectivity index (χ4n) is 3.52. The van der Waals surface area contributed by atoms with Gasteiger partial charge >= 0.3 is 0 Å². The molecule has 1 aromatic rings. The molecule has 1 N–H and O–H groups in total. The predicted octanol–water partition coefficient (Wildman–Crippen LogP) is 1.56. The van der Waals surface area contributed by atoms with Crippen LogP contribution < -0.4 is 14.8 Å². The second-order valence-corrected chi connectivity index (χ2v) is 8.26. The van der Waals surface area contributed by atoms with Crippen LogP contribution in [0.2, 0.25) is 0 Å². The zero-order chi connectivity index (χ0) is 20.1. The molecule has 7 nitrogen and oxygen atoms in total. The van der Waals surface area contributed by atoms with E-state index >= 15 is 0 Å². The minimum atomic E-state index is -0.490. The van der Waals surface area contributed by atoms with E-state index < -0.39 is 5.60 Å². The number of benzene rings is 1. The summed E-state index contributed by atoms with van der Waals surface area (Å²) >= 11 is 0. The summed E-state index contributed by atoms with van der Waals surface area (Å²) in [6.45, 7) is 9.75. The van der Waals surface area contributed by atoms with Crippen LogP contribution in [-0.2, 0) is 4.79 Å². The lowest BCUT2D eigenvalue weighted by Crippen LogP contribution is -2.45. The molecule has 1 aromatic carbocycles. The SMILES string of the molecule is CN1CCN(CCCNC(=O)COc2ccc3c(c2)C(=O)CC(C)(C)O3)CC1. The Morgan fingerprint density at radius 3 is 2.75 bits per heavy atom. The molecule has 2 aliphatic heterocycles. The monoisotopic (exact) mass is 389 g/mol. The number of piperazine rings is 1. The Morgan fingerprint density at radius 2 is 2.00 bits per heavy atom. The van der Waals surface area contributed by atoms with Gasteiger partial charge in [-0.15, -0.1) is 0 Å². The fraction of sp³-hybridized carbons (Fsp3) is 0.619. The largest absolute Gasteiger partial charge is 0.487 e. The van der Waals surface area contributed by atoms with Gasteiger partial charge in [-0.25, -0.2) is 0 Å². The summed E-state index contributed by atoms with van der Waals surface area (Å²) in [5.41, 5.74) is 0.0284. The number of hydrogen-bond donors (Lipinski definition) is 1. The van der Waals surface area contributed by atoms with Crippen LogP contribution in [-0.4, -0.2) is 80.0 Å². The van der Waals surface area contributed by atoms with E-state index in [9.17, 15) is 9.59 Å². The average Bonchev–Trinajstić information content (AvgIpc) is 2.64. The Morgan fingerprint density at radius 1 is 1.25 bits per heavy atom. The van der Waals surface area contributed by atoms with E-state index in [4.69, 9.17) is 9.47 Å². The van der Waals surface area contributed by atoms with Gasteiger partial charge in [0.15, 0.2) is 12.4 Å². The molecule has 1 fully saturated rings. The number of ketones is 1. The number of carbonyl (C=O) groups excluding carboxylic acids is 2. The third-order valence-corrected chi connectivity index (χ3v) is 5.16. The number of carbonyl (C=O) groups is 2. The normalized spacial score (nSPS) is 19.6. The van der Waals surface area contributed by atoms with E-state index in [1.807, 2.05) is 13.8 Å². The number of fused-ring (bicyclic) bond motifs is 1. The van der Waals surface area contributed by atoms with Gasteiger partial charge in [0.25, 0.3) is 5.91 Å². The first kappa shape index (κ1) is 20.6. The van der Waals surface area contributed by atoms with Crippen LogP contribution in [0, 0.1) is 0 Å². The molecular formula is C21H31N3O4. The third-order valence-electron chi connectivity index (χ3n) is 5.16. The maximum absolute atomic E-state index is 12.3. The van der Waals surface area contributed by atoms with E-state index in [0.29, 0.717) is 30.0 Å². The highest BCUT2D eigenvalue weighted by atomic mass is 16.5. The molecule has 0 bridgehead atoms.